The van der Waals surface area contributed by atoms with Crippen LogP contribution in [0.25, 0.3) is 0 Å². The summed E-state index contributed by atoms with van der Waals surface area (Å²) in [6, 6.07) is 17.4. The molecule has 4 nitrogen and oxygen atoms in total. The summed E-state index contributed by atoms with van der Waals surface area (Å²) in [6.07, 6.45) is 0. The summed E-state index contributed by atoms with van der Waals surface area (Å²) in [5, 5.41) is 0.948. The zero-order valence-corrected chi connectivity index (χ0v) is 13.1. The van der Waals surface area contributed by atoms with E-state index in [-0.39, 0.29) is 5.25 Å². The van der Waals surface area contributed by atoms with Gasteiger partial charge in [-0.3, -0.25) is 0 Å². The van der Waals surface area contributed by atoms with Crippen LogP contribution in [0.3, 0.4) is 0 Å². The summed E-state index contributed by atoms with van der Waals surface area (Å²) in [6.45, 7) is 1.23. The molecule has 0 radical (unpaired) electrons. The number of ether oxygens (including phenoxy) is 3. The van der Waals surface area contributed by atoms with Gasteiger partial charge in [-0.05, 0) is 36.4 Å². The number of hydrogen-bond acceptors (Lipinski definition) is 5. The summed E-state index contributed by atoms with van der Waals surface area (Å²) < 4.78 is 16.5. The van der Waals surface area contributed by atoms with E-state index >= 15 is 0 Å². The van der Waals surface area contributed by atoms with Crippen molar-refractivity contribution in [2.75, 3.05) is 20.3 Å². The smallest absolute Gasteiger partial charge is 0.251 e. The van der Waals surface area contributed by atoms with Crippen molar-refractivity contribution in [2.24, 2.45) is 4.99 Å². The fourth-order valence-electron chi connectivity index (χ4n) is 1.98. The number of methoxy groups -OCH3 is 1. The summed E-state index contributed by atoms with van der Waals surface area (Å²) in [7, 11) is 1.65. The van der Waals surface area contributed by atoms with E-state index in [0.717, 1.165) is 17.2 Å². The molecular weight excluding hydrogens is 298 g/mol. The minimum absolute atomic E-state index is 0.261. The van der Waals surface area contributed by atoms with Crippen molar-refractivity contribution in [3.8, 4) is 11.5 Å². The van der Waals surface area contributed by atoms with Gasteiger partial charge in [-0.1, -0.05) is 30.0 Å². The summed E-state index contributed by atoms with van der Waals surface area (Å²) >= 11 is 1.61. The molecule has 1 aliphatic rings. The van der Waals surface area contributed by atoms with Gasteiger partial charge in [0.2, 0.25) is 0 Å². The maximum atomic E-state index is 5.75. The lowest BCUT2D eigenvalue weighted by molar-refractivity contribution is 0.262. The number of hydrogen-bond donors (Lipinski definition) is 0. The van der Waals surface area contributed by atoms with Crippen molar-refractivity contribution in [3.63, 3.8) is 0 Å². The first kappa shape index (κ1) is 14.8. The van der Waals surface area contributed by atoms with Crippen molar-refractivity contribution in [1.82, 2.24) is 0 Å². The Morgan fingerprint density at radius 1 is 1.09 bits per heavy atom. The highest BCUT2D eigenvalue weighted by atomic mass is 32.2. The van der Waals surface area contributed by atoms with Crippen LogP contribution >= 0.6 is 11.8 Å². The predicted octanol–water partition coefficient (Wildman–Crippen LogP) is 3.89. The Morgan fingerprint density at radius 2 is 1.86 bits per heavy atom. The molecule has 1 heterocycles. The Hall–Kier alpha value is -2.14. The molecule has 0 spiro atoms. The molecule has 1 atom stereocenters. The van der Waals surface area contributed by atoms with Crippen LogP contribution in [0.5, 0.6) is 11.5 Å². The lowest BCUT2D eigenvalue weighted by Gasteiger charge is -2.08. The minimum Gasteiger partial charge on any atom is -0.497 e. The summed E-state index contributed by atoms with van der Waals surface area (Å²) in [4.78, 5) is 4.48. The molecule has 1 unspecified atom stereocenters. The van der Waals surface area contributed by atoms with E-state index in [4.69, 9.17) is 14.2 Å². The van der Waals surface area contributed by atoms with Crippen LogP contribution in [0, 0.1) is 0 Å². The first-order valence-corrected chi connectivity index (χ1v) is 7.91. The molecule has 22 heavy (non-hydrogen) atoms. The average molecular weight is 315 g/mol. The molecule has 114 valence electrons. The van der Waals surface area contributed by atoms with Gasteiger partial charge < -0.3 is 14.2 Å². The molecule has 0 amide bonds. The van der Waals surface area contributed by atoms with Gasteiger partial charge >= 0.3 is 0 Å². The Bertz CT molecular complexity index is 628. The zero-order chi connectivity index (χ0) is 15.2. The molecule has 0 bridgehead atoms. The fraction of sp³-hybridized carbons (Fsp3) is 0.235. The van der Waals surface area contributed by atoms with E-state index in [2.05, 4.69) is 4.99 Å². The minimum atomic E-state index is 0.261. The Kier molecular flexibility index (Phi) is 4.85. The first-order chi connectivity index (χ1) is 10.8. The third-order valence-electron chi connectivity index (χ3n) is 3.13. The number of para-hydroxylation sites is 1. The standard InChI is InChI=1S/C17H17NO3S/c1-19-14-9-7-13(8-10-14)18-17-21-12-16(22-17)11-20-15-5-3-2-4-6-15/h2-10,16H,11-12H2,1H3. The van der Waals surface area contributed by atoms with Crippen LogP contribution in [-0.2, 0) is 4.74 Å². The molecule has 3 rings (SSSR count). The van der Waals surface area contributed by atoms with E-state index in [1.807, 2.05) is 54.6 Å². The van der Waals surface area contributed by atoms with E-state index in [9.17, 15) is 0 Å². The van der Waals surface area contributed by atoms with Crippen molar-refractivity contribution < 1.29 is 14.2 Å². The van der Waals surface area contributed by atoms with Crippen LogP contribution in [0.1, 0.15) is 0 Å². The lowest BCUT2D eigenvalue weighted by Crippen LogP contribution is -2.14. The molecule has 2 aromatic carbocycles. The van der Waals surface area contributed by atoms with E-state index in [1.54, 1.807) is 18.9 Å². The molecule has 2 aromatic rings. The number of thioether (sulfide) groups is 1. The monoisotopic (exact) mass is 315 g/mol. The van der Waals surface area contributed by atoms with Gasteiger partial charge in [0.25, 0.3) is 5.23 Å². The Labute approximate surface area is 134 Å². The van der Waals surface area contributed by atoms with Crippen LogP contribution in [0.15, 0.2) is 59.6 Å². The maximum Gasteiger partial charge on any atom is 0.251 e. The largest absolute Gasteiger partial charge is 0.497 e. The molecule has 0 N–H and O–H groups in total. The van der Waals surface area contributed by atoms with Gasteiger partial charge in [-0.2, -0.15) is 0 Å². The fourth-order valence-corrected chi connectivity index (χ4v) is 2.84. The van der Waals surface area contributed by atoms with Crippen LogP contribution in [0.2, 0.25) is 0 Å². The molecule has 1 aliphatic heterocycles. The number of rotatable bonds is 5. The van der Waals surface area contributed by atoms with Crippen LogP contribution < -0.4 is 9.47 Å². The van der Waals surface area contributed by atoms with Gasteiger partial charge in [0, 0.05) is 0 Å². The van der Waals surface area contributed by atoms with Crippen molar-refractivity contribution in [1.29, 1.82) is 0 Å². The normalized spacial score (nSPS) is 19.0. The molecule has 5 heteroatoms. The van der Waals surface area contributed by atoms with Gasteiger partial charge in [0.1, 0.15) is 24.7 Å². The van der Waals surface area contributed by atoms with Crippen molar-refractivity contribution in [2.45, 2.75) is 5.25 Å². The first-order valence-electron chi connectivity index (χ1n) is 7.03. The quantitative estimate of drug-likeness (QED) is 0.839. The topological polar surface area (TPSA) is 40.0 Å². The number of benzene rings is 2. The lowest BCUT2D eigenvalue weighted by atomic mass is 10.3. The second-order valence-electron chi connectivity index (χ2n) is 4.75. The molecule has 1 saturated heterocycles. The molecular formula is C17H17NO3S. The van der Waals surface area contributed by atoms with Gasteiger partial charge in [0.15, 0.2) is 0 Å². The molecule has 1 fully saturated rings. The highest BCUT2D eigenvalue weighted by molar-refractivity contribution is 8.14. The van der Waals surface area contributed by atoms with Gasteiger partial charge in [-0.25, -0.2) is 4.99 Å². The van der Waals surface area contributed by atoms with Crippen LogP contribution in [0.4, 0.5) is 5.69 Å². The second kappa shape index (κ2) is 7.22. The van der Waals surface area contributed by atoms with Crippen molar-refractivity contribution >= 4 is 22.7 Å². The second-order valence-corrected chi connectivity index (χ2v) is 6.00. The molecule has 0 saturated carbocycles. The highest BCUT2D eigenvalue weighted by Gasteiger charge is 2.24. The SMILES string of the molecule is COc1ccc(N=C2OCC(COc3ccccc3)S2)cc1. The third-order valence-corrected chi connectivity index (χ3v) is 4.15. The van der Waals surface area contributed by atoms with Crippen molar-refractivity contribution in [3.05, 3.63) is 54.6 Å². The van der Waals surface area contributed by atoms with E-state index in [1.165, 1.54) is 0 Å². The number of nitrogens with zero attached hydrogens (tertiary/aromatic N) is 1. The van der Waals surface area contributed by atoms with E-state index < -0.39 is 0 Å². The molecule has 0 aromatic heterocycles. The summed E-state index contributed by atoms with van der Waals surface area (Å²) in [5.74, 6) is 1.70. The van der Waals surface area contributed by atoms with Gasteiger partial charge in [0.05, 0.1) is 18.0 Å². The van der Waals surface area contributed by atoms with E-state index in [0.29, 0.717) is 18.4 Å². The maximum absolute atomic E-state index is 5.75. The zero-order valence-electron chi connectivity index (χ0n) is 12.3. The van der Waals surface area contributed by atoms with Crippen LogP contribution in [-0.4, -0.2) is 30.8 Å². The Balaban J connectivity index is 1.54. The average Bonchev–Trinajstić information content (AvgIpc) is 3.02. The number of aliphatic imine (C=N–C) groups is 1. The summed E-state index contributed by atoms with van der Waals surface area (Å²) in [5.41, 5.74) is 0.855. The predicted molar refractivity (Wildman–Crippen MR) is 89.4 cm³/mol. The third kappa shape index (κ3) is 3.95. The van der Waals surface area contributed by atoms with Gasteiger partial charge in [-0.15, -0.1) is 0 Å². The highest BCUT2D eigenvalue weighted by Crippen LogP contribution is 2.27. The molecule has 0 aliphatic carbocycles. The Morgan fingerprint density at radius 3 is 2.59 bits per heavy atom.